The van der Waals surface area contributed by atoms with Crippen molar-refractivity contribution in [1.82, 2.24) is 14.8 Å². The quantitative estimate of drug-likeness (QED) is 0.405. The van der Waals surface area contributed by atoms with Crippen LogP contribution >= 0.6 is 11.8 Å². The molecule has 2 aromatic rings. The van der Waals surface area contributed by atoms with Gasteiger partial charge in [-0.05, 0) is 25.0 Å². The number of carbonyl (C=O) groups excluding carboxylic acids is 1. The molecule has 1 N–H and O–H groups in total. The Morgan fingerprint density at radius 1 is 1.25 bits per heavy atom. The first-order chi connectivity index (χ1) is 13.6. The van der Waals surface area contributed by atoms with Gasteiger partial charge in [-0.1, -0.05) is 43.9 Å². The van der Waals surface area contributed by atoms with Crippen molar-refractivity contribution in [2.24, 2.45) is 5.92 Å². The molecule has 0 saturated heterocycles. The largest absolute Gasteiger partial charge is 0.325 e. The first-order valence-corrected chi connectivity index (χ1v) is 10.6. The molecule has 0 atom stereocenters. The Hall–Kier alpha value is -2.42. The Balaban J connectivity index is 1.54. The van der Waals surface area contributed by atoms with Crippen LogP contribution in [0.4, 0.5) is 11.4 Å². The molecule has 9 heteroatoms. The highest BCUT2D eigenvalue weighted by Crippen LogP contribution is 2.27. The molecule has 150 valence electrons. The first kappa shape index (κ1) is 20.3. The van der Waals surface area contributed by atoms with Crippen LogP contribution < -0.4 is 5.32 Å². The molecule has 3 rings (SSSR count). The van der Waals surface area contributed by atoms with E-state index in [1.54, 1.807) is 0 Å². The van der Waals surface area contributed by atoms with Gasteiger partial charge < -0.3 is 9.88 Å². The zero-order valence-electron chi connectivity index (χ0n) is 16.0. The molecule has 1 amide bonds. The summed E-state index contributed by atoms with van der Waals surface area (Å²) in [6.07, 6.45) is 7.41. The summed E-state index contributed by atoms with van der Waals surface area (Å²) in [5.74, 6) is 1.72. The highest BCUT2D eigenvalue weighted by molar-refractivity contribution is 7.99. The fourth-order valence-corrected chi connectivity index (χ4v) is 4.36. The number of nitro groups is 1. The van der Waals surface area contributed by atoms with Crippen LogP contribution in [0.2, 0.25) is 0 Å². The SMILES string of the molecule is CCn1c(CC2CCCCC2)nnc1SCC(=O)Nc1ccc([N+](=O)[O-])cc1. The second-order valence-corrected chi connectivity index (χ2v) is 7.93. The third kappa shape index (κ3) is 5.31. The highest BCUT2D eigenvalue weighted by atomic mass is 32.2. The molecule has 1 fully saturated rings. The van der Waals surface area contributed by atoms with E-state index in [2.05, 4.69) is 27.0 Å². The van der Waals surface area contributed by atoms with Crippen LogP contribution in [0.25, 0.3) is 0 Å². The van der Waals surface area contributed by atoms with Crippen LogP contribution in [-0.2, 0) is 17.8 Å². The molecular weight excluding hydrogens is 378 g/mol. The minimum absolute atomic E-state index is 0.00563. The van der Waals surface area contributed by atoms with E-state index in [-0.39, 0.29) is 17.3 Å². The maximum absolute atomic E-state index is 12.2. The second kappa shape index (κ2) is 9.68. The third-order valence-electron chi connectivity index (χ3n) is 5.00. The molecule has 28 heavy (non-hydrogen) atoms. The van der Waals surface area contributed by atoms with Gasteiger partial charge in [-0.15, -0.1) is 10.2 Å². The van der Waals surface area contributed by atoms with Gasteiger partial charge in [-0.3, -0.25) is 14.9 Å². The average molecular weight is 404 g/mol. The number of anilines is 1. The number of thioether (sulfide) groups is 1. The van der Waals surface area contributed by atoms with Crippen molar-refractivity contribution >= 4 is 29.0 Å². The summed E-state index contributed by atoms with van der Waals surface area (Å²) < 4.78 is 2.10. The van der Waals surface area contributed by atoms with Crippen molar-refractivity contribution in [1.29, 1.82) is 0 Å². The summed E-state index contributed by atoms with van der Waals surface area (Å²) in [7, 11) is 0. The Morgan fingerprint density at radius 2 is 1.96 bits per heavy atom. The summed E-state index contributed by atoms with van der Waals surface area (Å²) in [5, 5.41) is 22.8. The van der Waals surface area contributed by atoms with Crippen LogP contribution in [-0.4, -0.2) is 31.3 Å². The molecule has 1 aliphatic carbocycles. The lowest BCUT2D eigenvalue weighted by Gasteiger charge is -2.21. The van der Waals surface area contributed by atoms with Gasteiger partial charge in [-0.25, -0.2) is 0 Å². The Morgan fingerprint density at radius 3 is 2.61 bits per heavy atom. The fraction of sp³-hybridized carbons (Fsp3) is 0.526. The average Bonchev–Trinajstić information content (AvgIpc) is 3.09. The van der Waals surface area contributed by atoms with Gasteiger partial charge in [0.05, 0.1) is 10.7 Å². The van der Waals surface area contributed by atoms with Gasteiger partial charge in [0, 0.05) is 30.8 Å². The highest BCUT2D eigenvalue weighted by Gasteiger charge is 2.19. The number of nitrogens with zero attached hydrogens (tertiary/aromatic N) is 4. The molecule has 1 saturated carbocycles. The molecule has 8 nitrogen and oxygen atoms in total. The predicted octanol–water partition coefficient (Wildman–Crippen LogP) is 4.06. The lowest BCUT2D eigenvalue weighted by Crippen LogP contribution is -2.15. The van der Waals surface area contributed by atoms with Gasteiger partial charge in [0.2, 0.25) is 5.91 Å². The van der Waals surface area contributed by atoms with Gasteiger partial charge >= 0.3 is 0 Å². The van der Waals surface area contributed by atoms with E-state index in [4.69, 9.17) is 0 Å². The molecule has 1 aliphatic rings. The molecule has 0 bridgehead atoms. The lowest BCUT2D eigenvalue weighted by molar-refractivity contribution is -0.384. The summed E-state index contributed by atoms with van der Waals surface area (Å²) in [4.78, 5) is 22.4. The zero-order chi connectivity index (χ0) is 19.9. The second-order valence-electron chi connectivity index (χ2n) is 6.99. The van der Waals surface area contributed by atoms with Crippen LogP contribution in [0.5, 0.6) is 0 Å². The van der Waals surface area contributed by atoms with Crippen LogP contribution in [0.1, 0.15) is 44.9 Å². The van der Waals surface area contributed by atoms with Crippen LogP contribution in [0.15, 0.2) is 29.4 Å². The van der Waals surface area contributed by atoms with E-state index in [9.17, 15) is 14.9 Å². The zero-order valence-corrected chi connectivity index (χ0v) is 16.8. The molecule has 0 radical (unpaired) electrons. The number of nitro benzene ring substituents is 1. The standard InChI is InChI=1S/C19H25N5O3S/c1-2-23-17(12-14-6-4-3-5-7-14)21-22-19(23)28-13-18(25)20-15-8-10-16(11-9-15)24(26)27/h8-11,14H,2-7,12-13H2,1H3,(H,20,25). The Kier molecular flexibility index (Phi) is 7.02. The van der Waals surface area contributed by atoms with Gasteiger partial charge in [-0.2, -0.15) is 0 Å². The number of amides is 1. The first-order valence-electron chi connectivity index (χ1n) is 9.66. The van der Waals surface area contributed by atoms with E-state index < -0.39 is 4.92 Å². The predicted molar refractivity (Wildman–Crippen MR) is 108 cm³/mol. The van der Waals surface area contributed by atoms with E-state index in [0.29, 0.717) is 11.6 Å². The van der Waals surface area contributed by atoms with Crippen molar-refractivity contribution in [3.63, 3.8) is 0 Å². The molecule has 1 aromatic carbocycles. The number of aromatic nitrogens is 3. The van der Waals surface area contributed by atoms with Gasteiger partial charge in [0.15, 0.2) is 5.16 Å². The maximum atomic E-state index is 12.2. The topological polar surface area (TPSA) is 103 Å². The van der Waals surface area contributed by atoms with Crippen molar-refractivity contribution in [2.75, 3.05) is 11.1 Å². The molecule has 1 aromatic heterocycles. The summed E-state index contributed by atoms with van der Waals surface area (Å²) in [6, 6.07) is 5.79. The molecule has 1 heterocycles. The van der Waals surface area contributed by atoms with Crippen molar-refractivity contribution < 1.29 is 9.72 Å². The normalized spacial score (nSPS) is 14.8. The Bertz CT molecular complexity index is 815. The Labute approximate surface area is 168 Å². The number of carbonyl (C=O) groups is 1. The number of hydrogen-bond acceptors (Lipinski definition) is 6. The number of rotatable bonds is 8. The smallest absolute Gasteiger partial charge is 0.269 e. The lowest BCUT2D eigenvalue weighted by atomic mass is 9.87. The van der Waals surface area contributed by atoms with Gasteiger partial charge in [0.1, 0.15) is 5.82 Å². The maximum Gasteiger partial charge on any atom is 0.269 e. The summed E-state index contributed by atoms with van der Waals surface area (Å²) in [5.41, 5.74) is 0.528. The molecule has 0 spiro atoms. The van der Waals surface area contributed by atoms with Crippen molar-refractivity contribution in [3.8, 4) is 0 Å². The molecular formula is C19H25N5O3S. The van der Waals surface area contributed by atoms with E-state index in [1.807, 2.05) is 0 Å². The third-order valence-corrected chi connectivity index (χ3v) is 5.97. The van der Waals surface area contributed by atoms with E-state index >= 15 is 0 Å². The molecule has 0 aliphatic heterocycles. The van der Waals surface area contributed by atoms with E-state index in [1.165, 1.54) is 68.1 Å². The van der Waals surface area contributed by atoms with Crippen molar-refractivity contribution in [2.45, 2.75) is 57.1 Å². The monoisotopic (exact) mass is 403 g/mol. The molecule has 0 unspecified atom stereocenters. The van der Waals surface area contributed by atoms with E-state index in [0.717, 1.165) is 23.9 Å². The number of non-ortho nitro benzene ring substituents is 1. The van der Waals surface area contributed by atoms with Crippen molar-refractivity contribution in [3.05, 3.63) is 40.2 Å². The summed E-state index contributed by atoms with van der Waals surface area (Å²) in [6.45, 7) is 2.84. The van der Waals surface area contributed by atoms with Crippen LogP contribution in [0.3, 0.4) is 0 Å². The number of hydrogen-bond donors (Lipinski definition) is 1. The van der Waals surface area contributed by atoms with Gasteiger partial charge in [0.25, 0.3) is 5.69 Å². The minimum Gasteiger partial charge on any atom is -0.325 e. The number of nitrogens with one attached hydrogen (secondary N) is 1. The summed E-state index contributed by atoms with van der Waals surface area (Å²) >= 11 is 1.36. The fourth-order valence-electron chi connectivity index (χ4n) is 3.54. The van der Waals surface area contributed by atoms with Crippen LogP contribution in [0, 0.1) is 16.0 Å². The number of benzene rings is 1. The minimum atomic E-state index is -0.468.